The van der Waals surface area contributed by atoms with Gasteiger partial charge in [0.05, 0.1) is 12.7 Å². The molecule has 1 atom stereocenters. The number of carbonyl (C=O) groups is 1. The first-order chi connectivity index (χ1) is 8.58. The maximum absolute atomic E-state index is 11.6. The molecule has 0 saturated carbocycles. The van der Waals surface area contributed by atoms with Crippen LogP contribution in [0.2, 0.25) is 0 Å². The summed E-state index contributed by atoms with van der Waals surface area (Å²) in [5.41, 5.74) is 0. The van der Waals surface area contributed by atoms with E-state index in [0.717, 1.165) is 32.7 Å². The molecule has 1 aliphatic heterocycles. The predicted octanol–water partition coefficient (Wildman–Crippen LogP) is 0.211. The molecule has 1 rings (SSSR count). The van der Waals surface area contributed by atoms with Crippen LogP contribution in [0.5, 0.6) is 0 Å². The van der Waals surface area contributed by atoms with Crippen LogP contribution in [0.25, 0.3) is 0 Å². The zero-order valence-electron chi connectivity index (χ0n) is 11.9. The Hall–Kier alpha value is -0.650. The Bertz CT molecular complexity index is 246. The molecule has 0 aliphatic carbocycles. The number of nitrogens with one attached hydrogen (secondary N) is 2. The second kappa shape index (κ2) is 8.45. The number of hydrogen-bond donors (Lipinski definition) is 2. The fourth-order valence-electron chi connectivity index (χ4n) is 1.95. The van der Waals surface area contributed by atoms with E-state index in [4.69, 9.17) is 4.74 Å². The van der Waals surface area contributed by atoms with Crippen LogP contribution in [-0.4, -0.2) is 62.8 Å². The van der Waals surface area contributed by atoms with Crippen molar-refractivity contribution in [2.75, 3.05) is 39.8 Å². The summed E-state index contributed by atoms with van der Waals surface area (Å²) >= 11 is 0. The molecule has 2 N–H and O–H groups in total. The van der Waals surface area contributed by atoms with E-state index in [2.05, 4.69) is 36.4 Å². The number of ether oxygens (including phenoxy) is 1. The lowest BCUT2D eigenvalue weighted by Crippen LogP contribution is -2.45. The number of likely N-dealkylation sites (N-methyl/N-ethyl adjacent to an activating group) is 1. The summed E-state index contributed by atoms with van der Waals surface area (Å²) in [5.74, 6) is 0.123. The van der Waals surface area contributed by atoms with E-state index in [1.165, 1.54) is 0 Å². The number of rotatable bonds is 7. The molecule has 1 unspecified atom stereocenters. The largest absolute Gasteiger partial charge is 0.374 e. The first-order valence-electron chi connectivity index (χ1n) is 6.88. The van der Waals surface area contributed by atoms with Crippen LogP contribution >= 0.6 is 0 Å². The molecule has 0 aromatic carbocycles. The molecular formula is C13H27N3O2. The van der Waals surface area contributed by atoms with Crippen LogP contribution in [0.1, 0.15) is 26.7 Å². The third-order valence-corrected chi connectivity index (χ3v) is 3.00. The summed E-state index contributed by atoms with van der Waals surface area (Å²) in [6, 6.07) is 0.485. The van der Waals surface area contributed by atoms with Gasteiger partial charge in [-0.05, 0) is 20.0 Å². The highest BCUT2D eigenvalue weighted by Crippen LogP contribution is 2.01. The molecule has 18 heavy (non-hydrogen) atoms. The van der Waals surface area contributed by atoms with Gasteiger partial charge in [0.15, 0.2) is 0 Å². The molecule has 0 aromatic heterocycles. The van der Waals surface area contributed by atoms with Crippen LogP contribution in [0.4, 0.5) is 0 Å². The molecule has 1 saturated heterocycles. The average molecular weight is 257 g/mol. The van der Waals surface area contributed by atoms with Crippen LogP contribution in [0, 0.1) is 0 Å². The minimum Gasteiger partial charge on any atom is -0.374 e. The highest BCUT2D eigenvalue weighted by molar-refractivity contribution is 5.75. The first kappa shape index (κ1) is 15.4. The topological polar surface area (TPSA) is 53.6 Å². The SMILES string of the molecule is CC(C)NCCCC(=O)NCC1CN(C)CCO1. The third kappa shape index (κ3) is 6.93. The summed E-state index contributed by atoms with van der Waals surface area (Å²) < 4.78 is 5.59. The molecule has 5 heteroatoms. The van der Waals surface area contributed by atoms with Crippen molar-refractivity contribution in [3.05, 3.63) is 0 Å². The molecule has 5 nitrogen and oxygen atoms in total. The molecular weight excluding hydrogens is 230 g/mol. The van der Waals surface area contributed by atoms with Crippen molar-refractivity contribution in [3.63, 3.8) is 0 Å². The second-order valence-electron chi connectivity index (χ2n) is 5.27. The monoisotopic (exact) mass is 257 g/mol. The maximum atomic E-state index is 11.6. The lowest BCUT2D eigenvalue weighted by Gasteiger charge is -2.30. The van der Waals surface area contributed by atoms with Gasteiger partial charge >= 0.3 is 0 Å². The van der Waals surface area contributed by atoms with Gasteiger partial charge < -0.3 is 20.3 Å². The van der Waals surface area contributed by atoms with Gasteiger partial charge in [0.1, 0.15) is 0 Å². The van der Waals surface area contributed by atoms with E-state index < -0.39 is 0 Å². The van der Waals surface area contributed by atoms with E-state index >= 15 is 0 Å². The van der Waals surface area contributed by atoms with Gasteiger partial charge in [-0.25, -0.2) is 0 Å². The molecule has 1 fully saturated rings. The van der Waals surface area contributed by atoms with Gasteiger partial charge in [0.25, 0.3) is 0 Å². The van der Waals surface area contributed by atoms with E-state index in [-0.39, 0.29) is 12.0 Å². The molecule has 106 valence electrons. The second-order valence-corrected chi connectivity index (χ2v) is 5.27. The van der Waals surface area contributed by atoms with Crippen LogP contribution < -0.4 is 10.6 Å². The van der Waals surface area contributed by atoms with Crippen molar-refractivity contribution in [2.45, 2.75) is 38.8 Å². The predicted molar refractivity (Wildman–Crippen MR) is 72.6 cm³/mol. The quantitative estimate of drug-likeness (QED) is 0.640. The summed E-state index contributed by atoms with van der Waals surface area (Å²) in [6.45, 7) is 8.37. The summed E-state index contributed by atoms with van der Waals surface area (Å²) in [6.07, 6.45) is 1.61. The summed E-state index contributed by atoms with van der Waals surface area (Å²) in [4.78, 5) is 13.8. The van der Waals surface area contributed by atoms with Crippen LogP contribution in [0.15, 0.2) is 0 Å². The zero-order chi connectivity index (χ0) is 13.4. The highest BCUT2D eigenvalue weighted by atomic mass is 16.5. The highest BCUT2D eigenvalue weighted by Gasteiger charge is 2.17. The van der Waals surface area contributed by atoms with E-state index in [0.29, 0.717) is 19.0 Å². The molecule has 1 amide bonds. The molecule has 0 radical (unpaired) electrons. The standard InChI is InChI=1S/C13H27N3O2/c1-11(2)14-6-4-5-13(17)15-9-12-10-16(3)7-8-18-12/h11-12,14H,4-10H2,1-3H3,(H,15,17). The van der Waals surface area contributed by atoms with Crippen molar-refractivity contribution in [1.82, 2.24) is 15.5 Å². The Labute approximate surface area is 110 Å². The molecule has 0 bridgehead atoms. The van der Waals surface area contributed by atoms with Crippen molar-refractivity contribution < 1.29 is 9.53 Å². The number of nitrogens with zero attached hydrogens (tertiary/aromatic N) is 1. The van der Waals surface area contributed by atoms with Gasteiger partial charge in [-0.2, -0.15) is 0 Å². The van der Waals surface area contributed by atoms with Gasteiger partial charge in [0, 0.05) is 32.1 Å². The normalized spacial score (nSPS) is 21.2. The first-order valence-corrected chi connectivity index (χ1v) is 6.88. The lowest BCUT2D eigenvalue weighted by atomic mass is 10.2. The van der Waals surface area contributed by atoms with Crippen molar-refractivity contribution in [2.24, 2.45) is 0 Å². The van der Waals surface area contributed by atoms with Crippen LogP contribution in [-0.2, 0) is 9.53 Å². The number of amides is 1. The Kier molecular flexibility index (Phi) is 7.23. The van der Waals surface area contributed by atoms with Crippen molar-refractivity contribution in [1.29, 1.82) is 0 Å². The number of carbonyl (C=O) groups excluding carboxylic acids is 1. The van der Waals surface area contributed by atoms with E-state index in [9.17, 15) is 4.79 Å². The molecule has 0 spiro atoms. The molecule has 1 heterocycles. The van der Waals surface area contributed by atoms with Gasteiger partial charge in [-0.1, -0.05) is 13.8 Å². The third-order valence-electron chi connectivity index (χ3n) is 3.00. The summed E-state index contributed by atoms with van der Waals surface area (Å²) in [5, 5.41) is 6.24. The number of hydrogen-bond acceptors (Lipinski definition) is 4. The van der Waals surface area contributed by atoms with Crippen LogP contribution in [0.3, 0.4) is 0 Å². The van der Waals surface area contributed by atoms with E-state index in [1.54, 1.807) is 0 Å². The van der Waals surface area contributed by atoms with Gasteiger partial charge in [-0.3, -0.25) is 4.79 Å². The van der Waals surface area contributed by atoms with Crippen molar-refractivity contribution in [3.8, 4) is 0 Å². The Morgan fingerprint density at radius 2 is 2.28 bits per heavy atom. The molecule has 0 aromatic rings. The fourth-order valence-corrected chi connectivity index (χ4v) is 1.95. The Morgan fingerprint density at radius 1 is 1.50 bits per heavy atom. The fraction of sp³-hybridized carbons (Fsp3) is 0.923. The number of morpholine rings is 1. The van der Waals surface area contributed by atoms with Gasteiger partial charge in [-0.15, -0.1) is 0 Å². The lowest BCUT2D eigenvalue weighted by molar-refractivity contribution is -0.122. The smallest absolute Gasteiger partial charge is 0.220 e. The summed E-state index contributed by atoms with van der Waals surface area (Å²) in [7, 11) is 2.08. The Balaban J connectivity index is 2.02. The Morgan fingerprint density at radius 3 is 2.94 bits per heavy atom. The zero-order valence-corrected chi connectivity index (χ0v) is 11.9. The van der Waals surface area contributed by atoms with Gasteiger partial charge in [0.2, 0.25) is 5.91 Å². The van der Waals surface area contributed by atoms with E-state index in [1.807, 2.05) is 0 Å². The molecule has 1 aliphatic rings. The minimum atomic E-state index is 0.123. The average Bonchev–Trinajstić information content (AvgIpc) is 2.32. The minimum absolute atomic E-state index is 0.123. The maximum Gasteiger partial charge on any atom is 0.220 e. The van der Waals surface area contributed by atoms with Crippen molar-refractivity contribution >= 4 is 5.91 Å².